The highest BCUT2D eigenvalue weighted by molar-refractivity contribution is 5.76. The van der Waals surface area contributed by atoms with Gasteiger partial charge in [0.25, 0.3) is 0 Å². The molecule has 31 heavy (non-hydrogen) atoms. The van der Waals surface area contributed by atoms with Gasteiger partial charge in [0.1, 0.15) is 12.4 Å². The van der Waals surface area contributed by atoms with Gasteiger partial charge < -0.3 is 14.7 Å². The molecule has 0 radical (unpaired) electrons. The van der Waals surface area contributed by atoms with E-state index in [2.05, 4.69) is 59.4 Å². The molecule has 154 valence electrons. The van der Waals surface area contributed by atoms with Crippen LogP contribution in [0.2, 0.25) is 0 Å². The van der Waals surface area contributed by atoms with E-state index in [1.165, 1.54) is 5.69 Å². The SMILES string of the molecule is CCCc1ccc(C=c2[nH]c(=C3C=c4ccccc4=N3)cc2OCc2ccccc2)[nH]1. The zero-order chi connectivity index (χ0) is 21.0. The fourth-order valence-corrected chi connectivity index (χ4v) is 3.82. The summed E-state index contributed by atoms with van der Waals surface area (Å²) < 4.78 is 6.22. The maximum Gasteiger partial charge on any atom is 0.145 e. The Morgan fingerprint density at radius 3 is 2.61 bits per heavy atom. The third kappa shape index (κ3) is 4.24. The minimum Gasteiger partial charge on any atom is -0.487 e. The van der Waals surface area contributed by atoms with E-state index < -0.39 is 0 Å². The number of fused-ring (bicyclic) bond motifs is 1. The van der Waals surface area contributed by atoms with Crippen LogP contribution in [-0.4, -0.2) is 9.97 Å². The van der Waals surface area contributed by atoms with Crippen molar-refractivity contribution in [2.75, 3.05) is 0 Å². The first-order valence-corrected chi connectivity index (χ1v) is 10.7. The highest BCUT2D eigenvalue weighted by atomic mass is 16.5. The highest BCUT2D eigenvalue weighted by Crippen LogP contribution is 2.10. The third-order valence-corrected chi connectivity index (χ3v) is 5.38. The summed E-state index contributed by atoms with van der Waals surface area (Å²) in [6.07, 6.45) is 6.38. The molecular formula is C27H25N3O. The summed E-state index contributed by atoms with van der Waals surface area (Å²) in [7, 11) is 0. The Morgan fingerprint density at radius 1 is 0.935 bits per heavy atom. The van der Waals surface area contributed by atoms with Gasteiger partial charge in [0.05, 0.1) is 21.8 Å². The molecule has 4 nitrogen and oxygen atoms in total. The van der Waals surface area contributed by atoms with Gasteiger partial charge in [0.15, 0.2) is 0 Å². The summed E-state index contributed by atoms with van der Waals surface area (Å²) in [5.41, 5.74) is 4.36. The number of nitrogens with one attached hydrogen (secondary N) is 2. The van der Waals surface area contributed by atoms with E-state index in [9.17, 15) is 0 Å². The zero-order valence-corrected chi connectivity index (χ0v) is 17.6. The number of ether oxygens (including phenoxy) is 1. The largest absolute Gasteiger partial charge is 0.487 e. The van der Waals surface area contributed by atoms with Gasteiger partial charge in [-0.05, 0) is 42.3 Å². The van der Waals surface area contributed by atoms with Crippen LogP contribution >= 0.6 is 0 Å². The van der Waals surface area contributed by atoms with E-state index in [1.807, 2.05) is 42.5 Å². The molecule has 0 saturated heterocycles. The second-order valence-corrected chi connectivity index (χ2v) is 7.77. The smallest absolute Gasteiger partial charge is 0.145 e. The van der Waals surface area contributed by atoms with E-state index in [1.54, 1.807) is 0 Å². The van der Waals surface area contributed by atoms with Crippen molar-refractivity contribution in [3.05, 3.63) is 111 Å². The average Bonchev–Trinajstić information content (AvgIpc) is 3.52. The minimum atomic E-state index is 0.515. The van der Waals surface area contributed by atoms with Crippen LogP contribution in [0.3, 0.4) is 0 Å². The topological polar surface area (TPSA) is 53.2 Å². The Morgan fingerprint density at radius 2 is 1.77 bits per heavy atom. The van der Waals surface area contributed by atoms with Crippen LogP contribution in [0.15, 0.2) is 77.8 Å². The van der Waals surface area contributed by atoms with Gasteiger partial charge >= 0.3 is 0 Å². The Bertz CT molecular complexity index is 1410. The molecule has 2 N–H and O–H groups in total. The average molecular weight is 408 g/mol. The monoisotopic (exact) mass is 407 g/mol. The Balaban J connectivity index is 1.57. The quantitative estimate of drug-likeness (QED) is 0.507. The molecule has 4 heteroatoms. The van der Waals surface area contributed by atoms with Crippen molar-refractivity contribution < 1.29 is 4.74 Å². The first-order chi connectivity index (χ1) is 15.3. The number of para-hydroxylation sites is 1. The number of nitrogens with zero attached hydrogens (tertiary/aromatic N) is 1. The van der Waals surface area contributed by atoms with Crippen molar-refractivity contribution in [1.82, 2.24) is 9.97 Å². The summed E-state index contributed by atoms with van der Waals surface area (Å²) in [5, 5.41) is 4.02. The third-order valence-electron chi connectivity index (χ3n) is 5.38. The van der Waals surface area contributed by atoms with Gasteiger partial charge in [-0.2, -0.15) is 0 Å². The molecule has 2 aromatic heterocycles. The maximum absolute atomic E-state index is 6.22. The van der Waals surface area contributed by atoms with Crippen LogP contribution in [0.4, 0.5) is 0 Å². The van der Waals surface area contributed by atoms with Gasteiger partial charge in [-0.15, -0.1) is 0 Å². The van der Waals surface area contributed by atoms with Crippen LogP contribution in [0.25, 0.3) is 17.8 Å². The lowest BCUT2D eigenvalue weighted by Gasteiger charge is -2.03. The maximum atomic E-state index is 6.22. The van der Waals surface area contributed by atoms with Gasteiger partial charge in [0, 0.05) is 22.7 Å². The molecule has 0 unspecified atom stereocenters. The molecule has 0 saturated carbocycles. The molecular weight excluding hydrogens is 382 g/mol. The molecule has 0 amide bonds. The number of hydrogen-bond acceptors (Lipinski definition) is 2. The normalized spacial score (nSPS) is 14.8. The van der Waals surface area contributed by atoms with Crippen molar-refractivity contribution in [2.45, 2.75) is 26.4 Å². The van der Waals surface area contributed by atoms with Crippen LogP contribution in [0, 0.1) is 0 Å². The van der Waals surface area contributed by atoms with Gasteiger partial charge in [0.2, 0.25) is 0 Å². The lowest BCUT2D eigenvalue weighted by atomic mass is 10.2. The van der Waals surface area contributed by atoms with Crippen molar-refractivity contribution in [3.63, 3.8) is 0 Å². The summed E-state index contributed by atoms with van der Waals surface area (Å²) in [5.74, 6) is 0.817. The van der Waals surface area contributed by atoms with E-state index >= 15 is 0 Å². The lowest BCUT2D eigenvalue weighted by molar-refractivity contribution is 0.304. The minimum absolute atomic E-state index is 0.515. The zero-order valence-electron chi connectivity index (χ0n) is 17.6. The van der Waals surface area contributed by atoms with Crippen molar-refractivity contribution in [1.29, 1.82) is 0 Å². The van der Waals surface area contributed by atoms with Crippen LogP contribution in [0.1, 0.15) is 30.3 Å². The summed E-state index contributed by atoms with van der Waals surface area (Å²) in [6, 6.07) is 24.7. The number of aromatic nitrogens is 2. The van der Waals surface area contributed by atoms with E-state index in [0.717, 1.165) is 56.8 Å². The molecule has 0 bridgehead atoms. The summed E-state index contributed by atoms with van der Waals surface area (Å²) >= 11 is 0. The van der Waals surface area contributed by atoms with Gasteiger partial charge in [-0.3, -0.25) is 0 Å². The molecule has 0 spiro atoms. The van der Waals surface area contributed by atoms with Gasteiger partial charge in [-0.1, -0.05) is 61.9 Å². The summed E-state index contributed by atoms with van der Waals surface area (Å²) in [6.45, 7) is 2.70. The van der Waals surface area contributed by atoms with Crippen LogP contribution in [0.5, 0.6) is 5.75 Å². The molecule has 0 aliphatic carbocycles. The first-order valence-electron chi connectivity index (χ1n) is 10.7. The van der Waals surface area contributed by atoms with Crippen molar-refractivity contribution in [3.8, 4) is 5.75 Å². The number of rotatable bonds is 6. The fraction of sp³-hybridized carbons (Fsp3) is 0.148. The number of aromatic amines is 2. The Labute approximate surface area is 181 Å². The molecule has 1 aliphatic heterocycles. The first kappa shape index (κ1) is 19.2. The van der Waals surface area contributed by atoms with E-state index in [-0.39, 0.29) is 0 Å². The lowest BCUT2D eigenvalue weighted by Crippen LogP contribution is -2.19. The molecule has 1 aliphatic rings. The second kappa shape index (κ2) is 8.52. The number of benzene rings is 2. The standard InChI is InChI=1S/C27H25N3O/c1-2-8-21-13-14-22(28-21)16-26-27(31-18-19-9-4-3-5-10-19)17-25(30-26)24-15-20-11-6-7-12-23(20)29-24/h3-7,9-17,28,30H,2,8,18H2,1H3. The molecule has 5 rings (SSSR count). The van der Waals surface area contributed by atoms with Gasteiger partial charge in [-0.25, -0.2) is 4.99 Å². The molecule has 2 aromatic carbocycles. The Kier molecular flexibility index (Phi) is 5.28. The van der Waals surface area contributed by atoms with Crippen molar-refractivity contribution >= 4 is 17.8 Å². The van der Waals surface area contributed by atoms with E-state index in [0.29, 0.717) is 6.61 Å². The van der Waals surface area contributed by atoms with Crippen LogP contribution in [-0.2, 0) is 13.0 Å². The van der Waals surface area contributed by atoms with Crippen LogP contribution < -0.4 is 26.0 Å². The fourth-order valence-electron chi connectivity index (χ4n) is 3.82. The second-order valence-electron chi connectivity index (χ2n) is 7.77. The van der Waals surface area contributed by atoms with Crippen molar-refractivity contribution in [2.24, 2.45) is 4.99 Å². The molecule has 0 fully saturated rings. The van der Waals surface area contributed by atoms with E-state index in [4.69, 9.17) is 9.73 Å². The molecule has 3 heterocycles. The number of aryl methyl sites for hydroxylation is 1. The summed E-state index contributed by atoms with van der Waals surface area (Å²) in [4.78, 5) is 11.8. The molecule has 0 atom stereocenters. The number of hydrogen-bond donors (Lipinski definition) is 2. The molecule has 4 aromatic rings. The predicted octanol–water partition coefficient (Wildman–Crippen LogP) is 2.93. The number of H-pyrrole nitrogens is 2. The highest BCUT2D eigenvalue weighted by Gasteiger charge is 2.07. The Hall–Kier alpha value is -3.79. The predicted molar refractivity (Wildman–Crippen MR) is 124 cm³/mol.